The van der Waals surface area contributed by atoms with Crippen molar-refractivity contribution in [2.75, 3.05) is 33.9 Å². The lowest BCUT2D eigenvalue weighted by atomic mass is 9.92. The molecule has 0 bridgehead atoms. The first-order valence-corrected chi connectivity index (χ1v) is 8.19. The number of nitrogens with one attached hydrogen (secondary N) is 1. The van der Waals surface area contributed by atoms with Gasteiger partial charge in [-0.2, -0.15) is 0 Å². The first-order valence-electron chi connectivity index (χ1n) is 8.19. The van der Waals surface area contributed by atoms with Gasteiger partial charge in [0.25, 0.3) is 0 Å². The van der Waals surface area contributed by atoms with Gasteiger partial charge in [0.1, 0.15) is 6.61 Å². The Labute approximate surface area is 137 Å². The normalized spacial score (nSPS) is 24.3. The van der Waals surface area contributed by atoms with E-state index in [0.717, 1.165) is 6.42 Å². The molecule has 2 aliphatic carbocycles. The molecule has 124 valence electrons. The molecule has 3 rings (SSSR count). The Morgan fingerprint density at radius 3 is 2.91 bits per heavy atom. The van der Waals surface area contributed by atoms with Crippen molar-refractivity contribution >= 4 is 11.8 Å². The molecule has 1 N–H and O–H groups in total. The zero-order valence-corrected chi connectivity index (χ0v) is 13.7. The molecule has 5 nitrogen and oxygen atoms in total. The summed E-state index contributed by atoms with van der Waals surface area (Å²) in [6.07, 6.45) is 2.37. The van der Waals surface area contributed by atoms with Crippen molar-refractivity contribution < 1.29 is 14.3 Å². The van der Waals surface area contributed by atoms with Crippen LogP contribution >= 0.6 is 0 Å². The first kappa shape index (κ1) is 16.0. The SMILES string of the molecule is COCC(=O)N(C)CC(=O)NC[C@H]1[C@H]2CCc3ccccc3[C@H]21. The smallest absolute Gasteiger partial charge is 0.248 e. The number of amides is 2. The lowest BCUT2D eigenvalue weighted by molar-refractivity contribution is -0.137. The summed E-state index contributed by atoms with van der Waals surface area (Å²) in [6, 6.07) is 8.65. The van der Waals surface area contributed by atoms with Crippen molar-refractivity contribution in [1.29, 1.82) is 0 Å². The fourth-order valence-electron chi connectivity index (χ4n) is 3.81. The number of benzene rings is 1. The highest BCUT2D eigenvalue weighted by Gasteiger charge is 2.52. The lowest BCUT2D eigenvalue weighted by Gasteiger charge is -2.16. The maximum atomic E-state index is 12.0. The second kappa shape index (κ2) is 6.71. The van der Waals surface area contributed by atoms with E-state index in [1.807, 2.05) is 0 Å². The molecule has 1 fully saturated rings. The van der Waals surface area contributed by atoms with Crippen LogP contribution in [0.2, 0.25) is 0 Å². The van der Waals surface area contributed by atoms with E-state index in [2.05, 4.69) is 29.6 Å². The zero-order chi connectivity index (χ0) is 16.4. The van der Waals surface area contributed by atoms with Crippen LogP contribution < -0.4 is 5.32 Å². The Bertz CT molecular complexity index is 602. The van der Waals surface area contributed by atoms with Gasteiger partial charge in [0.15, 0.2) is 0 Å². The maximum Gasteiger partial charge on any atom is 0.248 e. The summed E-state index contributed by atoms with van der Waals surface area (Å²) in [6.45, 7) is 0.795. The molecule has 0 heterocycles. The molecule has 1 saturated carbocycles. The Morgan fingerprint density at radius 1 is 1.35 bits per heavy atom. The van der Waals surface area contributed by atoms with Crippen molar-refractivity contribution in [3.05, 3.63) is 35.4 Å². The Balaban J connectivity index is 1.47. The molecular formula is C18H24N2O3. The molecule has 0 unspecified atom stereocenters. The fourth-order valence-corrected chi connectivity index (χ4v) is 3.81. The summed E-state index contributed by atoms with van der Waals surface area (Å²) < 4.78 is 4.79. The van der Waals surface area contributed by atoms with Crippen LogP contribution in [0.4, 0.5) is 0 Å². The number of fused-ring (bicyclic) bond motifs is 3. The van der Waals surface area contributed by atoms with Gasteiger partial charge in [-0.25, -0.2) is 0 Å². The molecule has 0 radical (unpaired) electrons. The molecule has 5 heteroatoms. The van der Waals surface area contributed by atoms with Gasteiger partial charge in [0.2, 0.25) is 11.8 Å². The van der Waals surface area contributed by atoms with Crippen LogP contribution in [0, 0.1) is 11.8 Å². The van der Waals surface area contributed by atoms with Gasteiger partial charge >= 0.3 is 0 Å². The van der Waals surface area contributed by atoms with Crippen molar-refractivity contribution in [3.63, 3.8) is 0 Å². The van der Waals surface area contributed by atoms with Gasteiger partial charge in [-0.1, -0.05) is 24.3 Å². The van der Waals surface area contributed by atoms with E-state index >= 15 is 0 Å². The van der Waals surface area contributed by atoms with Gasteiger partial charge < -0.3 is 15.0 Å². The summed E-state index contributed by atoms with van der Waals surface area (Å²) in [5, 5.41) is 2.99. The number of ether oxygens (including phenoxy) is 1. The fraction of sp³-hybridized carbons (Fsp3) is 0.556. The molecule has 0 spiro atoms. The van der Waals surface area contributed by atoms with E-state index in [0.29, 0.717) is 24.3 Å². The topological polar surface area (TPSA) is 58.6 Å². The number of methoxy groups -OCH3 is 1. The second-order valence-electron chi connectivity index (χ2n) is 6.58. The van der Waals surface area contributed by atoms with E-state index in [1.54, 1.807) is 7.05 Å². The summed E-state index contributed by atoms with van der Waals surface area (Å²) in [5.74, 6) is 1.57. The third-order valence-electron chi connectivity index (χ3n) is 5.10. The highest BCUT2D eigenvalue weighted by Crippen LogP contribution is 2.59. The molecule has 1 aromatic carbocycles. The third-order valence-corrected chi connectivity index (χ3v) is 5.10. The number of rotatable bonds is 6. The van der Waals surface area contributed by atoms with Crippen LogP contribution in [-0.4, -0.2) is 50.6 Å². The minimum atomic E-state index is -0.184. The highest BCUT2D eigenvalue weighted by molar-refractivity contribution is 5.85. The molecule has 2 amide bonds. The lowest BCUT2D eigenvalue weighted by Crippen LogP contribution is -2.40. The van der Waals surface area contributed by atoms with Crippen molar-refractivity contribution in [2.45, 2.75) is 18.8 Å². The monoisotopic (exact) mass is 316 g/mol. The van der Waals surface area contributed by atoms with Crippen LogP contribution in [0.3, 0.4) is 0 Å². The minimum Gasteiger partial charge on any atom is -0.375 e. The minimum absolute atomic E-state index is 0.00728. The predicted octanol–water partition coefficient (Wildman–Crippen LogP) is 1.18. The quantitative estimate of drug-likeness (QED) is 0.857. The number of carbonyl (C=O) groups excluding carboxylic acids is 2. The van der Waals surface area contributed by atoms with Crippen LogP contribution in [0.25, 0.3) is 0 Å². The van der Waals surface area contributed by atoms with Gasteiger partial charge in [-0.15, -0.1) is 0 Å². The average Bonchev–Trinajstić information content (AvgIpc) is 3.27. The Morgan fingerprint density at radius 2 is 2.13 bits per heavy atom. The van der Waals surface area contributed by atoms with Crippen LogP contribution in [0.5, 0.6) is 0 Å². The average molecular weight is 316 g/mol. The number of hydrogen-bond acceptors (Lipinski definition) is 3. The summed E-state index contributed by atoms with van der Waals surface area (Å²) in [7, 11) is 3.09. The standard InChI is InChI=1S/C18H24N2O3/c1-20(17(22)11-23-2)10-16(21)19-9-15-14-8-7-12-5-3-4-6-13(12)18(14)15/h3-6,14-15,18H,7-11H2,1-2H3,(H,19,21)/t14-,15+,18-/m1/s1. The highest BCUT2D eigenvalue weighted by atomic mass is 16.5. The molecule has 0 aliphatic heterocycles. The summed E-state index contributed by atoms with van der Waals surface area (Å²) >= 11 is 0. The third kappa shape index (κ3) is 3.39. The van der Waals surface area contributed by atoms with Crippen LogP contribution in [0.15, 0.2) is 24.3 Å². The van der Waals surface area contributed by atoms with Crippen molar-refractivity contribution in [2.24, 2.45) is 11.8 Å². The second-order valence-corrected chi connectivity index (χ2v) is 6.58. The number of hydrogen-bond donors (Lipinski definition) is 1. The number of nitrogens with zero attached hydrogens (tertiary/aromatic N) is 1. The van der Waals surface area contributed by atoms with Crippen molar-refractivity contribution in [3.8, 4) is 0 Å². The van der Waals surface area contributed by atoms with Crippen molar-refractivity contribution in [1.82, 2.24) is 10.2 Å². The van der Waals surface area contributed by atoms with E-state index in [-0.39, 0.29) is 25.0 Å². The maximum absolute atomic E-state index is 12.0. The molecule has 3 atom stereocenters. The molecule has 0 saturated heterocycles. The van der Waals surface area contributed by atoms with E-state index < -0.39 is 0 Å². The summed E-state index contributed by atoms with van der Waals surface area (Å²) in [4.78, 5) is 25.0. The molecule has 1 aromatic rings. The zero-order valence-electron chi connectivity index (χ0n) is 13.7. The van der Waals surface area contributed by atoms with Gasteiger partial charge in [-0.3, -0.25) is 9.59 Å². The summed E-state index contributed by atoms with van der Waals surface area (Å²) in [5.41, 5.74) is 2.93. The first-order chi connectivity index (χ1) is 11.1. The van der Waals surface area contributed by atoms with Crippen LogP contribution in [-0.2, 0) is 20.7 Å². The molecule has 2 aliphatic rings. The van der Waals surface area contributed by atoms with Gasteiger partial charge in [0.05, 0.1) is 6.54 Å². The number of likely N-dealkylation sites (N-methyl/N-ethyl adjacent to an activating group) is 1. The number of aryl methyl sites for hydroxylation is 1. The predicted molar refractivity (Wildman–Crippen MR) is 87.0 cm³/mol. The Hall–Kier alpha value is -1.88. The van der Waals surface area contributed by atoms with Gasteiger partial charge in [-0.05, 0) is 41.7 Å². The van der Waals surface area contributed by atoms with E-state index in [1.165, 1.54) is 29.6 Å². The largest absolute Gasteiger partial charge is 0.375 e. The number of carbonyl (C=O) groups is 2. The Kier molecular flexibility index (Phi) is 4.66. The molecule has 0 aromatic heterocycles. The molecule has 23 heavy (non-hydrogen) atoms. The molecular weight excluding hydrogens is 292 g/mol. The van der Waals surface area contributed by atoms with E-state index in [9.17, 15) is 9.59 Å². The van der Waals surface area contributed by atoms with Crippen LogP contribution in [0.1, 0.15) is 23.5 Å². The van der Waals surface area contributed by atoms with Gasteiger partial charge in [0, 0.05) is 20.7 Å². The van der Waals surface area contributed by atoms with E-state index in [4.69, 9.17) is 4.74 Å².